The number of ether oxygens (including phenoxy) is 1. The first-order valence-corrected chi connectivity index (χ1v) is 10.5. The van der Waals surface area contributed by atoms with Gasteiger partial charge in [0.1, 0.15) is 5.75 Å². The Morgan fingerprint density at radius 2 is 1.71 bits per heavy atom. The van der Waals surface area contributed by atoms with Crippen LogP contribution in [0.1, 0.15) is 48.8 Å². The van der Waals surface area contributed by atoms with E-state index in [1.54, 1.807) is 0 Å². The summed E-state index contributed by atoms with van der Waals surface area (Å²) in [5.41, 5.74) is 3.76. The van der Waals surface area contributed by atoms with Crippen LogP contribution in [-0.2, 0) is 17.9 Å². The summed E-state index contributed by atoms with van der Waals surface area (Å²) < 4.78 is 5.69. The normalized spacial score (nSPS) is 14.6. The molecule has 0 aromatic heterocycles. The van der Waals surface area contributed by atoms with E-state index < -0.39 is 0 Å². The summed E-state index contributed by atoms with van der Waals surface area (Å²) in [6.45, 7) is 6.56. The predicted octanol–water partition coefficient (Wildman–Crippen LogP) is 4.46. The van der Waals surface area contributed by atoms with E-state index >= 15 is 0 Å². The van der Waals surface area contributed by atoms with Crippen LogP contribution in [0.3, 0.4) is 0 Å². The maximum absolute atomic E-state index is 12.2. The van der Waals surface area contributed by atoms with Crippen molar-refractivity contribution in [2.24, 2.45) is 0 Å². The molecule has 0 radical (unpaired) electrons. The minimum Gasteiger partial charge on any atom is -0.494 e. The van der Waals surface area contributed by atoms with Crippen molar-refractivity contribution >= 4 is 5.91 Å². The highest BCUT2D eigenvalue weighted by molar-refractivity contribution is 5.75. The number of carbonyl (C=O) groups excluding carboxylic acids is 1. The van der Waals surface area contributed by atoms with Gasteiger partial charge in [0.05, 0.1) is 6.61 Å². The zero-order valence-corrected chi connectivity index (χ0v) is 17.0. The number of nitrogens with zero attached hydrogens (tertiary/aromatic N) is 1. The van der Waals surface area contributed by atoms with E-state index in [9.17, 15) is 4.79 Å². The van der Waals surface area contributed by atoms with Gasteiger partial charge < -0.3 is 10.1 Å². The molecule has 1 amide bonds. The summed E-state index contributed by atoms with van der Waals surface area (Å²) in [5, 5.41) is 3.07. The number of nitrogens with one attached hydrogen (secondary N) is 1. The molecular weight excluding hydrogens is 348 g/mol. The van der Waals surface area contributed by atoms with E-state index in [2.05, 4.69) is 41.4 Å². The lowest BCUT2D eigenvalue weighted by atomic mass is 10.0. The first-order chi connectivity index (χ1) is 13.7. The van der Waals surface area contributed by atoms with Crippen LogP contribution in [-0.4, -0.2) is 30.5 Å². The molecule has 2 aromatic carbocycles. The smallest absolute Gasteiger partial charge is 0.220 e. The minimum atomic E-state index is 0.0836. The van der Waals surface area contributed by atoms with E-state index in [-0.39, 0.29) is 5.91 Å². The first-order valence-electron chi connectivity index (χ1n) is 10.5. The van der Waals surface area contributed by atoms with Crippen molar-refractivity contribution in [1.82, 2.24) is 10.2 Å². The molecule has 0 aliphatic carbocycles. The van der Waals surface area contributed by atoms with Gasteiger partial charge in [-0.25, -0.2) is 0 Å². The first kappa shape index (κ1) is 20.4. The fraction of sp³-hybridized carbons (Fsp3) is 0.458. The van der Waals surface area contributed by atoms with Gasteiger partial charge in [-0.1, -0.05) is 48.4 Å². The van der Waals surface area contributed by atoms with Gasteiger partial charge in [-0.3, -0.25) is 9.69 Å². The second kappa shape index (κ2) is 10.9. The molecule has 4 nitrogen and oxygen atoms in total. The lowest BCUT2D eigenvalue weighted by Gasteiger charge is -2.27. The number of rotatable bonds is 9. The maximum Gasteiger partial charge on any atom is 0.220 e. The number of hydrogen-bond donors (Lipinski definition) is 1. The Morgan fingerprint density at radius 3 is 2.46 bits per heavy atom. The number of benzene rings is 2. The molecule has 2 aromatic rings. The monoisotopic (exact) mass is 380 g/mol. The standard InChI is InChI=1S/C24H32N2O2/c1-20-11-13-23(14-12-20)28-17-7-10-24(27)25-18-21-8-3-4-9-22(21)19-26-15-5-2-6-16-26/h3-4,8-9,11-14H,2,5-7,10,15-19H2,1H3,(H,25,27). The summed E-state index contributed by atoms with van der Waals surface area (Å²) in [5.74, 6) is 0.943. The highest BCUT2D eigenvalue weighted by Crippen LogP contribution is 2.16. The highest BCUT2D eigenvalue weighted by Gasteiger charge is 2.12. The molecule has 1 aliphatic rings. The quantitative estimate of drug-likeness (QED) is 0.653. The highest BCUT2D eigenvalue weighted by atomic mass is 16.5. The molecule has 0 saturated carbocycles. The van der Waals surface area contributed by atoms with Gasteiger partial charge in [0.2, 0.25) is 5.91 Å². The number of carbonyl (C=O) groups is 1. The fourth-order valence-corrected chi connectivity index (χ4v) is 3.58. The minimum absolute atomic E-state index is 0.0836. The van der Waals surface area contributed by atoms with Crippen LogP contribution in [0.4, 0.5) is 0 Å². The largest absolute Gasteiger partial charge is 0.494 e. The van der Waals surface area contributed by atoms with Crippen molar-refractivity contribution in [2.75, 3.05) is 19.7 Å². The maximum atomic E-state index is 12.2. The summed E-state index contributed by atoms with van der Waals surface area (Å²) >= 11 is 0. The van der Waals surface area contributed by atoms with E-state index in [0.29, 0.717) is 19.6 Å². The molecule has 3 rings (SSSR count). The third-order valence-corrected chi connectivity index (χ3v) is 5.27. The van der Waals surface area contributed by atoms with Gasteiger partial charge in [-0.2, -0.15) is 0 Å². The molecule has 150 valence electrons. The third-order valence-electron chi connectivity index (χ3n) is 5.27. The van der Waals surface area contributed by atoms with Crippen LogP contribution < -0.4 is 10.1 Å². The zero-order chi connectivity index (χ0) is 19.6. The average Bonchev–Trinajstić information content (AvgIpc) is 2.73. The Balaban J connectivity index is 1.38. The Labute approximate surface area is 168 Å². The van der Waals surface area contributed by atoms with Gasteiger partial charge >= 0.3 is 0 Å². The average molecular weight is 381 g/mol. The van der Waals surface area contributed by atoms with Gasteiger partial charge in [0, 0.05) is 19.5 Å². The number of amides is 1. The Morgan fingerprint density at radius 1 is 1.00 bits per heavy atom. The van der Waals surface area contributed by atoms with Crippen molar-refractivity contribution in [2.45, 2.75) is 52.1 Å². The van der Waals surface area contributed by atoms with Crippen molar-refractivity contribution < 1.29 is 9.53 Å². The third kappa shape index (κ3) is 6.68. The van der Waals surface area contributed by atoms with Gasteiger partial charge in [-0.15, -0.1) is 0 Å². The summed E-state index contributed by atoms with van der Waals surface area (Å²) in [4.78, 5) is 14.7. The van der Waals surface area contributed by atoms with Crippen LogP contribution in [0, 0.1) is 6.92 Å². The summed E-state index contributed by atoms with van der Waals surface area (Å²) in [6.07, 6.45) is 5.14. The van der Waals surface area contributed by atoms with E-state index in [1.165, 1.54) is 49.0 Å². The van der Waals surface area contributed by atoms with Crippen LogP contribution in [0.15, 0.2) is 48.5 Å². The fourth-order valence-electron chi connectivity index (χ4n) is 3.58. The van der Waals surface area contributed by atoms with E-state index in [1.807, 2.05) is 24.3 Å². The van der Waals surface area contributed by atoms with Crippen LogP contribution in [0.5, 0.6) is 5.75 Å². The second-order valence-corrected chi connectivity index (χ2v) is 7.65. The molecule has 0 atom stereocenters. The molecule has 4 heteroatoms. The molecule has 0 bridgehead atoms. The number of piperidine rings is 1. The SMILES string of the molecule is Cc1ccc(OCCCC(=O)NCc2ccccc2CN2CCCCC2)cc1. The zero-order valence-electron chi connectivity index (χ0n) is 17.0. The Kier molecular flexibility index (Phi) is 7.92. The van der Waals surface area contributed by atoms with Crippen LogP contribution in [0.2, 0.25) is 0 Å². The molecule has 1 N–H and O–H groups in total. The van der Waals surface area contributed by atoms with Gasteiger partial charge in [0.25, 0.3) is 0 Å². The van der Waals surface area contributed by atoms with Crippen molar-refractivity contribution in [3.63, 3.8) is 0 Å². The van der Waals surface area contributed by atoms with Gasteiger partial charge in [0.15, 0.2) is 0 Å². The molecule has 0 unspecified atom stereocenters. The molecule has 0 spiro atoms. The lowest BCUT2D eigenvalue weighted by Crippen LogP contribution is -2.30. The summed E-state index contributed by atoms with van der Waals surface area (Å²) in [6, 6.07) is 16.4. The molecule has 1 heterocycles. The number of hydrogen-bond acceptors (Lipinski definition) is 3. The van der Waals surface area contributed by atoms with Crippen LogP contribution in [0.25, 0.3) is 0 Å². The van der Waals surface area contributed by atoms with E-state index in [0.717, 1.165) is 18.7 Å². The Hall–Kier alpha value is -2.33. The van der Waals surface area contributed by atoms with Crippen LogP contribution >= 0.6 is 0 Å². The molecule has 1 saturated heterocycles. The topological polar surface area (TPSA) is 41.6 Å². The lowest BCUT2D eigenvalue weighted by molar-refractivity contribution is -0.121. The predicted molar refractivity (Wildman–Crippen MR) is 113 cm³/mol. The molecule has 1 aliphatic heterocycles. The molecule has 1 fully saturated rings. The van der Waals surface area contributed by atoms with Gasteiger partial charge in [-0.05, 0) is 62.5 Å². The number of likely N-dealkylation sites (tertiary alicyclic amines) is 1. The Bertz CT molecular complexity index is 737. The number of aryl methyl sites for hydroxylation is 1. The van der Waals surface area contributed by atoms with Crippen molar-refractivity contribution in [1.29, 1.82) is 0 Å². The molecular formula is C24H32N2O2. The van der Waals surface area contributed by atoms with E-state index in [4.69, 9.17) is 4.74 Å². The van der Waals surface area contributed by atoms with Crippen molar-refractivity contribution in [3.05, 3.63) is 65.2 Å². The molecule has 28 heavy (non-hydrogen) atoms. The second-order valence-electron chi connectivity index (χ2n) is 7.65. The summed E-state index contributed by atoms with van der Waals surface area (Å²) in [7, 11) is 0. The van der Waals surface area contributed by atoms with Crippen molar-refractivity contribution in [3.8, 4) is 5.75 Å².